The SMILES string of the molecule is COC(C)CNc1nsnc1Cl. The molecule has 0 radical (unpaired) electrons. The second-order valence-electron chi connectivity index (χ2n) is 2.33. The minimum Gasteiger partial charge on any atom is -0.380 e. The van der Waals surface area contributed by atoms with E-state index in [2.05, 4.69) is 14.1 Å². The molecule has 1 aromatic heterocycles. The van der Waals surface area contributed by atoms with Crippen molar-refractivity contribution in [3.05, 3.63) is 5.15 Å². The molecule has 1 aromatic rings. The van der Waals surface area contributed by atoms with Gasteiger partial charge in [-0.2, -0.15) is 8.75 Å². The maximum atomic E-state index is 5.70. The number of rotatable bonds is 4. The molecule has 0 aromatic carbocycles. The van der Waals surface area contributed by atoms with Gasteiger partial charge in [0, 0.05) is 13.7 Å². The number of nitrogens with zero attached hydrogens (tertiary/aromatic N) is 2. The molecule has 0 spiro atoms. The van der Waals surface area contributed by atoms with E-state index in [4.69, 9.17) is 16.3 Å². The van der Waals surface area contributed by atoms with E-state index in [9.17, 15) is 0 Å². The molecule has 12 heavy (non-hydrogen) atoms. The van der Waals surface area contributed by atoms with Crippen molar-refractivity contribution < 1.29 is 4.74 Å². The molecule has 1 rings (SSSR count). The maximum absolute atomic E-state index is 5.70. The topological polar surface area (TPSA) is 47.0 Å². The molecule has 1 atom stereocenters. The Labute approximate surface area is 80.2 Å². The zero-order valence-corrected chi connectivity index (χ0v) is 8.45. The highest BCUT2D eigenvalue weighted by Gasteiger charge is 2.05. The molecule has 0 aliphatic heterocycles. The monoisotopic (exact) mass is 207 g/mol. The summed E-state index contributed by atoms with van der Waals surface area (Å²) in [6.07, 6.45) is 0.141. The molecule has 1 N–H and O–H groups in total. The van der Waals surface area contributed by atoms with Crippen LogP contribution in [0.5, 0.6) is 0 Å². The number of ether oxygens (including phenoxy) is 1. The van der Waals surface area contributed by atoms with E-state index in [1.54, 1.807) is 7.11 Å². The van der Waals surface area contributed by atoms with Gasteiger partial charge in [0.2, 0.25) is 0 Å². The van der Waals surface area contributed by atoms with Crippen molar-refractivity contribution in [1.82, 2.24) is 8.75 Å². The van der Waals surface area contributed by atoms with Gasteiger partial charge in [-0.05, 0) is 6.92 Å². The van der Waals surface area contributed by atoms with Crippen LogP contribution in [0.4, 0.5) is 5.82 Å². The molecule has 6 heteroatoms. The Kier molecular flexibility index (Phi) is 3.71. The van der Waals surface area contributed by atoms with Crippen LogP contribution in [0.25, 0.3) is 0 Å². The number of hydrogen-bond acceptors (Lipinski definition) is 5. The Morgan fingerprint density at radius 2 is 2.42 bits per heavy atom. The summed E-state index contributed by atoms with van der Waals surface area (Å²) in [6, 6.07) is 0. The number of halogens is 1. The first-order valence-electron chi connectivity index (χ1n) is 3.48. The molecule has 0 bridgehead atoms. The number of methoxy groups -OCH3 is 1. The van der Waals surface area contributed by atoms with Gasteiger partial charge < -0.3 is 10.1 Å². The molecule has 0 aliphatic rings. The van der Waals surface area contributed by atoms with Crippen molar-refractivity contribution in [3.8, 4) is 0 Å². The van der Waals surface area contributed by atoms with Gasteiger partial charge in [-0.25, -0.2) is 0 Å². The first kappa shape index (κ1) is 9.70. The summed E-state index contributed by atoms with van der Waals surface area (Å²) in [5.41, 5.74) is 0. The lowest BCUT2D eigenvalue weighted by atomic mass is 10.4. The quantitative estimate of drug-likeness (QED) is 0.816. The van der Waals surface area contributed by atoms with Crippen LogP contribution in [0.3, 0.4) is 0 Å². The van der Waals surface area contributed by atoms with Crippen LogP contribution in [-0.4, -0.2) is 28.5 Å². The minimum atomic E-state index is 0.141. The minimum absolute atomic E-state index is 0.141. The summed E-state index contributed by atoms with van der Waals surface area (Å²) < 4.78 is 12.8. The van der Waals surface area contributed by atoms with Crippen molar-refractivity contribution >= 4 is 29.1 Å². The molecule has 68 valence electrons. The number of hydrogen-bond donors (Lipinski definition) is 1. The molecule has 1 unspecified atom stereocenters. The molecule has 0 aliphatic carbocycles. The van der Waals surface area contributed by atoms with Crippen LogP contribution in [-0.2, 0) is 4.74 Å². The van der Waals surface area contributed by atoms with Crippen LogP contribution in [0, 0.1) is 0 Å². The highest BCUT2D eigenvalue weighted by Crippen LogP contribution is 2.17. The Balaban J connectivity index is 2.38. The Morgan fingerprint density at radius 3 is 2.92 bits per heavy atom. The van der Waals surface area contributed by atoms with Gasteiger partial charge in [-0.15, -0.1) is 0 Å². The number of anilines is 1. The van der Waals surface area contributed by atoms with E-state index in [0.29, 0.717) is 17.5 Å². The summed E-state index contributed by atoms with van der Waals surface area (Å²) in [5.74, 6) is 0.630. The molecule has 4 nitrogen and oxygen atoms in total. The van der Waals surface area contributed by atoms with E-state index < -0.39 is 0 Å². The Morgan fingerprint density at radius 1 is 1.67 bits per heavy atom. The third-order valence-corrected chi connectivity index (χ3v) is 2.30. The first-order valence-corrected chi connectivity index (χ1v) is 4.59. The molecule has 0 fully saturated rings. The zero-order chi connectivity index (χ0) is 8.97. The Bertz CT molecular complexity index is 242. The van der Waals surface area contributed by atoms with Crippen molar-refractivity contribution in [2.45, 2.75) is 13.0 Å². The maximum Gasteiger partial charge on any atom is 0.186 e. The van der Waals surface area contributed by atoms with E-state index in [1.807, 2.05) is 6.92 Å². The van der Waals surface area contributed by atoms with Crippen molar-refractivity contribution in [3.63, 3.8) is 0 Å². The molecule has 0 saturated heterocycles. The lowest BCUT2D eigenvalue weighted by Crippen LogP contribution is -2.18. The fourth-order valence-electron chi connectivity index (χ4n) is 0.607. The van der Waals surface area contributed by atoms with Crippen LogP contribution in [0.15, 0.2) is 0 Å². The second-order valence-corrected chi connectivity index (χ2v) is 3.22. The second kappa shape index (κ2) is 4.59. The fraction of sp³-hybridized carbons (Fsp3) is 0.667. The normalized spacial score (nSPS) is 12.9. The third-order valence-electron chi connectivity index (χ3n) is 1.41. The first-order chi connectivity index (χ1) is 5.74. The predicted molar refractivity (Wildman–Crippen MR) is 49.9 cm³/mol. The molecular formula is C6H10ClN3OS. The zero-order valence-electron chi connectivity index (χ0n) is 6.87. The van der Waals surface area contributed by atoms with E-state index in [1.165, 1.54) is 0 Å². The summed E-state index contributed by atoms with van der Waals surface area (Å²) >= 11 is 6.79. The highest BCUT2D eigenvalue weighted by molar-refractivity contribution is 6.99. The van der Waals surface area contributed by atoms with Crippen LogP contribution < -0.4 is 5.32 Å². The van der Waals surface area contributed by atoms with Gasteiger partial charge in [-0.1, -0.05) is 11.6 Å². The molecule has 0 saturated carbocycles. The van der Waals surface area contributed by atoms with Gasteiger partial charge in [0.1, 0.15) is 0 Å². The van der Waals surface area contributed by atoms with Gasteiger partial charge in [0.05, 0.1) is 17.8 Å². The smallest absolute Gasteiger partial charge is 0.186 e. The largest absolute Gasteiger partial charge is 0.380 e. The average Bonchev–Trinajstić information content (AvgIpc) is 2.47. The summed E-state index contributed by atoms with van der Waals surface area (Å²) in [4.78, 5) is 0. The standard InChI is InChI=1S/C6H10ClN3OS/c1-4(11-2)3-8-6-5(7)9-12-10-6/h4H,3H2,1-2H3,(H,8,10). The van der Waals surface area contributed by atoms with Crippen molar-refractivity contribution in [2.24, 2.45) is 0 Å². The predicted octanol–water partition coefficient (Wildman–Crippen LogP) is 1.64. The number of aromatic nitrogens is 2. The summed E-state index contributed by atoms with van der Waals surface area (Å²) in [7, 11) is 1.66. The average molecular weight is 208 g/mol. The molecule has 0 amide bonds. The van der Waals surface area contributed by atoms with E-state index in [-0.39, 0.29) is 6.10 Å². The highest BCUT2D eigenvalue weighted by atomic mass is 35.5. The molecule has 1 heterocycles. The van der Waals surface area contributed by atoms with Crippen LogP contribution in [0.2, 0.25) is 5.15 Å². The lowest BCUT2D eigenvalue weighted by Gasteiger charge is -2.09. The van der Waals surface area contributed by atoms with Gasteiger partial charge in [-0.3, -0.25) is 0 Å². The van der Waals surface area contributed by atoms with E-state index >= 15 is 0 Å². The Hall–Kier alpha value is -0.390. The number of nitrogens with one attached hydrogen (secondary N) is 1. The van der Waals surface area contributed by atoms with Crippen LogP contribution >= 0.6 is 23.3 Å². The van der Waals surface area contributed by atoms with Gasteiger partial charge >= 0.3 is 0 Å². The van der Waals surface area contributed by atoms with Crippen LogP contribution in [0.1, 0.15) is 6.92 Å². The lowest BCUT2D eigenvalue weighted by molar-refractivity contribution is 0.128. The van der Waals surface area contributed by atoms with E-state index in [0.717, 1.165) is 11.7 Å². The van der Waals surface area contributed by atoms with Crippen molar-refractivity contribution in [1.29, 1.82) is 0 Å². The summed E-state index contributed by atoms with van der Waals surface area (Å²) in [5, 5.41) is 3.44. The summed E-state index contributed by atoms with van der Waals surface area (Å²) in [6.45, 7) is 2.64. The van der Waals surface area contributed by atoms with Crippen molar-refractivity contribution in [2.75, 3.05) is 19.0 Å². The molecular weight excluding hydrogens is 198 g/mol. The fourth-order valence-corrected chi connectivity index (χ4v) is 1.29. The van der Waals surface area contributed by atoms with Gasteiger partial charge in [0.25, 0.3) is 0 Å². The van der Waals surface area contributed by atoms with Gasteiger partial charge in [0.15, 0.2) is 11.0 Å². The third kappa shape index (κ3) is 2.58.